The lowest BCUT2D eigenvalue weighted by Crippen LogP contribution is -2.36. The quantitative estimate of drug-likeness (QED) is 0.802. The monoisotopic (exact) mass is 261 g/mol. The lowest BCUT2D eigenvalue weighted by atomic mass is 9.83. The highest BCUT2D eigenvalue weighted by atomic mass is 16.3. The van der Waals surface area contributed by atoms with Gasteiger partial charge >= 0.3 is 0 Å². The molecule has 0 aliphatic carbocycles. The van der Waals surface area contributed by atoms with Crippen LogP contribution in [0.25, 0.3) is 0 Å². The van der Waals surface area contributed by atoms with Gasteiger partial charge in [0.15, 0.2) is 0 Å². The average molecular weight is 261 g/mol. The topological polar surface area (TPSA) is 32.6 Å². The Morgan fingerprint density at radius 1 is 1.11 bits per heavy atom. The van der Waals surface area contributed by atoms with Crippen molar-refractivity contribution in [3.8, 4) is 0 Å². The first-order valence-electron chi connectivity index (χ1n) is 6.98. The number of benzene rings is 1. The van der Waals surface area contributed by atoms with E-state index in [9.17, 15) is 5.11 Å². The van der Waals surface area contributed by atoms with Crippen LogP contribution in [0, 0.1) is 25.2 Å². The summed E-state index contributed by atoms with van der Waals surface area (Å²) in [6.07, 6.45) is -0.501. The zero-order valence-electron chi connectivity index (χ0n) is 13.3. The number of hydrogen-bond acceptors (Lipinski definition) is 2. The van der Waals surface area contributed by atoms with Crippen LogP contribution in [-0.4, -0.2) is 16.9 Å². The summed E-state index contributed by atoms with van der Waals surface area (Å²) in [4.78, 5) is 4.82. The van der Waals surface area contributed by atoms with Gasteiger partial charge in [-0.1, -0.05) is 52.8 Å². The van der Waals surface area contributed by atoms with Crippen LogP contribution < -0.4 is 0 Å². The van der Waals surface area contributed by atoms with Crippen LogP contribution in [0.4, 0.5) is 5.69 Å². The molecule has 1 aromatic rings. The minimum absolute atomic E-state index is 0.140. The van der Waals surface area contributed by atoms with E-state index in [1.54, 1.807) is 0 Å². The molecule has 1 rings (SSSR count). The molecule has 0 bridgehead atoms. The highest BCUT2D eigenvalue weighted by molar-refractivity contribution is 5.95. The van der Waals surface area contributed by atoms with E-state index >= 15 is 0 Å². The third kappa shape index (κ3) is 3.90. The zero-order valence-corrected chi connectivity index (χ0v) is 13.3. The van der Waals surface area contributed by atoms with Crippen LogP contribution in [0.15, 0.2) is 23.2 Å². The second kappa shape index (κ2) is 5.87. The number of aliphatic hydroxyl groups excluding tert-OH is 1. The van der Waals surface area contributed by atoms with Crippen LogP contribution >= 0.6 is 0 Å². The molecule has 1 atom stereocenters. The van der Waals surface area contributed by atoms with Crippen molar-refractivity contribution >= 4 is 11.4 Å². The van der Waals surface area contributed by atoms with Gasteiger partial charge in [0.05, 0.1) is 17.5 Å². The Balaban J connectivity index is 3.37. The first-order valence-corrected chi connectivity index (χ1v) is 6.98. The predicted octanol–water partition coefficient (Wildman–Crippen LogP) is 4.44. The van der Waals surface area contributed by atoms with Crippen molar-refractivity contribution in [2.75, 3.05) is 0 Å². The maximum absolute atomic E-state index is 10.4. The van der Waals surface area contributed by atoms with Gasteiger partial charge in [-0.25, -0.2) is 0 Å². The molecule has 0 aliphatic heterocycles. The van der Waals surface area contributed by atoms with Crippen molar-refractivity contribution in [1.29, 1.82) is 0 Å². The lowest BCUT2D eigenvalue weighted by molar-refractivity contribution is 0.180. The lowest BCUT2D eigenvalue weighted by Gasteiger charge is -2.28. The number of aryl methyl sites for hydroxylation is 2. The number of nitrogens with zero attached hydrogens (tertiary/aromatic N) is 1. The summed E-state index contributed by atoms with van der Waals surface area (Å²) in [7, 11) is 0. The van der Waals surface area contributed by atoms with Crippen molar-refractivity contribution in [2.45, 2.75) is 54.6 Å². The van der Waals surface area contributed by atoms with Crippen molar-refractivity contribution in [3.63, 3.8) is 0 Å². The van der Waals surface area contributed by atoms with Crippen LogP contribution in [0.2, 0.25) is 0 Å². The SMILES string of the molecule is Cc1cccc(C)c1N=C(C(O)C(C)C)C(C)(C)C. The summed E-state index contributed by atoms with van der Waals surface area (Å²) >= 11 is 0. The van der Waals surface area contributed by atoms with Crippen LogP contribution in [0.5, 0.6) is 0 Å². The van der Waals surface area contributed by atoms with E-state index in [2.05, 4.69) is 46.8 Å². The summed E-state index contributed by atoms with van der Waals surface area (Å²) in [5.41, 5.74) is 4.01. The molecule has 1 aromatic carbocycles. The van der Waals surface area contributed by atoms with E-state index in [1.165, 1.54) is 0 Å². The molecule has 0 heterocycles. The summed E-state index contributed by atoms with van der Waals surface area (Å²) < 4.78 is 0. The van der Waals surface area contributed by atoms with Crippen molar-refractivity contribution in [2.24, 2.45) is 16.3 Å². The Kier molecular flexibility index (Phi) is 4.92. The van der Waals surface area contributed by atoms with E-state index in [0.717, 1.165) is 22.5 Å². The molecule has 0 radical (unpaired) electrons. The summed E-state index contributed by atoms with van der Waals surface area (Å²) in [5, 5.41) is 10.4. The van der Waals surface area contributed by atoms with Gasteiger partial charge in [-0.15, -0.1) is 0 Å². The second-order valence-electron chi connectivity index (χ2n) is 6.68. The molecule has 0 saturated carbocycles. The number of rotatable bonds is 3. The highest BCUT2D eigenvalue weighted by Gasteiger charge is 2.28. The molecule has 1 N–H and O–H groups in total. The molecule has 19 heavy (non-hydrogen) atoms. The van der Waals surface area contributed by atoms with Gasteiger partial charge in [0.2, 0.25) is 0 Å². The Morgan fingerprint density at radius 2 is 1.58 bits per heavy atom. The zero-order chi connectivity index (χ0) is 14.8. The molecular weight excluding hydrogens is 234 g/mol. The van der Waals surface area contributed by atoms with E-state index in [-0.39, 0.29) is 11.3 Å². The molecule has 0 aromatic heterocycles. The molecule has 0 spiro atoms. The van der Waals surface area contributed by atoms with Crippen LogP contribution in [0.1, 0.15) is 45.7 Å². The molecule has 106 valence electrons. The van der Waals surface area contributed by atoms with E-state index in [0.29, 0.717) is 0 Å². The van der Waals surface area contributed by atoms with Gasteiger partial charge in [0.1, 0.15) is 0 Å². The molecule has 0 saturated heterocycles. The molecule has 2 heteroatoms. The smallest absolute Gasteiger partial charge is 0.0949 e. The van der Waals surface area contributed by atoms with Gasteiger partial charge in [0, 0.05) is 5.41 Å². The van der Waals surface area contributed by atoms with Gasteiger partial charge in [-0.3, -0.25) is 4.99 Å². The molecule has 2 nitrogen and oxygen atoms in total. The molecule has 1 unspecified atom stereocenters. The van der Waals surface area contributed by atoms with Gasteiger partial charge in [-0.05, 0) is 30.9 Å². The third-order valence-corrected chi connectivity index (χ3v) is 3.35. The second-order valence-corrected chi connectivity index (χ2v) is 6.68. The van der Waals surface area contributed by atoms with Gasteiger partial charge in [-0.2, -0.15) is 0 Å². The summed E-state index contributed by atoms with van der Waals surface area (Å²) in [5.74, 6) is 0.169. The summed E-state index contributed by atoms with van der Waals surface area (Å²) in [6, 6.07) is 6.17. The number of hydrogen-bond donors (Lipinski definition) is 1. The molecular formula is C17H27NO. The maximum Gasteiger partial charge on any atom is 0.0949 e. The van der Waals surface area contributed by atoms with E-state index in [4.69, 9.17) is 4.99 Å². The number of aliphatic hydroxyl groups is 1. The first-order chi connectivity index (χ1) is 8.64. The predicted molar refractivity (Wildman–Crippen MR) is 83.3 cm³/mol. The first kappa shape index (κ1) is 15.9. The van der Waals surface area contributed by atoms with Crippen LogP contribution in [-0.2, 0) is 0 Å². The van der Waals surface area contributed by atoms with Crippen molar-refractivity contribution in [3.05, 3.63) is 29.3 Å². The highest BCUT2D eigenvalue weighted by Crippen LogP contribution is 2.29. The van der Waals surface area contributed by atoms with Crippen LogP contribution in [0.3, 0.4) is 0 Å². The maximum atomic E-state index is 10.4. The van der Waals surface area contributed by atoms with Crippen molar-refractivity contribution in [1.82, 2.24) is 0 Å². The normalized spacial score (nSPS) is 14.9. The van der Waals surface area contributed by atoms with E-state index in [1.807, 2.05) is 19.9 Å². The minimum Gasteiger partial charge on any atom is -0.387 e. The Morgan fingerprint density at radius 3 is 1.95 bits per heavy atom. The number of para-hydroxylation sites is 1. The molecule has 0 aliphatic rings. The molecule has 0 fully saturated rings. The van der Waals surface area contributed by atoms with Gasteiger partial charge < -0.3 is 5.11 Å². The van der Waals surface area contributed by atoms with Gasteiger partial charge in [0.25, 0.3) is 0 Å². The number of aliphatic imine (C=N–C) groups is 1. The fraction of sp³-hybridized carbons (Fsp3) is 0.588. The fourth-order valence-corrected chi connectivity index (χ4v) is 2.10. The minimum atomic E-state index is -0.501. The Hall–Kier alpha value is -1.15. The molecule has 0 amide bonds. The van der Waals surface area contributed by atoms with E-state index < -0.39 is 6.10 Å². The Bertz CT molecular complexity index is 446. The average Bonchev–Trinajstić information content (AvgIpc) is 2.26. The summed E-state index contributed by atoms with van der Waals surface area (Å²) in [6.45, 7) is 14.5. The standard InChI is InChI=1S/C17H27NO/c1-11(2)15(19)16(17(5,6)7)18-14-12(3)9-8-10-13(14)4/h8-11,15,19H,1-7H3. The largest absolute Gasteiger partial charge is 0.387 e. The Labute approximate surface area is 117 Å². The fourth-order valence-electron chi connectivity index (χ4n) is 2.10. The van der Waals surface area contributed by atoms with Crippen molar-refractivity contribution < 1.29 is 5.11 Å². The third-order valence-electron chi connectivity index (χ3n) is 3.35.